The molecular weight excluding hydrogens is 274 g/mol. The Labute approximate surface area is 122 Å². The number of carbonyl (C=O) groups excluding carboxylic acids is 2. The van der Waals surface area contributed by atoms with E-state index in [4.69, 9.17) is 9.47 Å². The molecule has 7 nitrogen and oxygen atoms in total. The second-order valence-corrected chi connectivity index (χ2v) is 4.57. The summed E-state index contributed by atoms with van der Waals surface area (Å²) in [6.07, 6.45) is 0.559. The van der Waals surface area contributed by atoms with Crippen LogP contribution < -0.4 is 20.2 Å². The topological polar surface area (TPSA) is 89.0 Å². The molecule has 112 valence electrons. The van der Waals surface area contributed by atoms with Gasteiger partial charge in [-0.3, -0.25) is 9.59 Å². The van der Waals surface area contributed by atoms with Crippen molar-refractivity contribution in [2.24, 2.45) is 5.10 Å². The van der Waals surface area contributed by atoms with Crippen LogP contribution in [-0.2, 0) is 9.59 Å². The molecule has 0 unspecified atom stereocenters. The first-order chi connectivity index (χ1) is 10.0. The monoisotopic (exact) mass is 291 g/mol. The van der Waals surface area contributed by atoms with Gasteiger partial charge in [-0.15, -0.1) is 0 Å². The molecule has 0 radical (unpaired) electrons. The lowest BCUT2D eigenvalue weighted by atomic mass is 10.1. The molecule has 1 aromatic rings. The van der Waals surface area contributed by atoms with Crippen LogP contribution in [0, 0.1) is 6.92 Å². The van der Waals surface area contributed by atoms with Gasteiger partial charge < -0.3 is 14.8 Å². The molecule has 0 fully saturated rings. The molecule has 0 saturated carbocycles. The van der Waals surface area contributed by atoms with E-state index in [1.807, 2.05) is 6.92 Å². The highest BCUT2D eigenvalue weighted by Crippen LogP contribution is 2.32. The Morgan fingerprint density at radius 1 is 1.24 bits per heavy atom. The summed E-state index contributed by atoms with van der Waals surface area (Å²) in [6.45, 7) is 1.88. The average molecular weight is 291 g/mol. The minimum Gasteiger partial charge on any atom is -0.496 e. The van der Waals surface area contributed by atoms with Gasteiger partial charge in [-0.25, -0.2) is 5.43 Å². The van der Waals surface area contributed by atoms with E-state index in [0.717, 1.165) is 5.56 Å². The van der Waals surface area contributed by atoms with Crippen LogP contribution in [0.5, 0.6) is 11.5 Å². The van der Waals surface area contributed by atoms with Gasteiger partial charge in [-0.2, -0.15) is 5.10 Å². The Bertz CT molecular complexity index is 610. The van der Waals surface area contributed by atoms with Gasteiger partial charge in [0.05, 0.1) is 19.9 Å². The van der Waals surface area contributed by atoms with Crippen LogP contribution in [0.25, 0.3) is 0 Å². The number of benzene rings is 1. The van der Waals surface area contributed by atoms with E-state index in [9.17, 15) is 9.59 Å². The van der Waals surface area contributed by atoms with E-state index in [-0.39, 0.29) is 23.9 Å². The summed E-state index contributed by atoms with van der Waals surface area (Å²) < 4.78 is 10.5. The number of amides is 2. The third kappa shape index (κ3) is 3.31. The fourth-order valence-corrected chi connectivity index (χ4v) is 1.98. The minimum atomic E-state index is -0.376. The fourth-order valence-electron chi connectivity index (χ4n) is 1.98. The first-order valence-corrected chi connectivity index (χ1v) is 6.44. The molecule has 0 aromatic heterocycles. The van der Waals surface area contributed by atoms with Crippen molar-refractivity contribution >= 4 is 23.2 Å². The standard InChI is InChI=1S/C14H17N3O4/c1-8-6-12(21-3)10(7-11(8)20-2)15-14(19)9-4-5-13(18)17-16-9/h6-7H,4-5H2,1-3H3,(H,15,19)(H,17,18). The third-order valence-corrected chi connectivity index (χ3v) is 3.13. The van der Waals surface area contributed by atoms with E-state index in [2.05, 4.69) is 15.8 Å². The van der Waals surface area contributed by atoms with E-state index in [1.165, 1.54) is 7.11 Å². The number of rotatable bonds is 4. The van der Waals surface area contributed by atoms with Crippen LogP contribution in [0.3, 0.4) is 0 Å². The van der Waals surface area contributed by atoms with Gasteiger partial charge in [0, 0.05) is 18.9 Å². The molecule has 7 heteroatoms. The number of anilines is 1. The van der Waals surface area contributed by atoms with Crippen LogP contribution in [0.15, 0.2) is 17.2 Å². The molecular formula is C14H17N3O4. The number of carbonyl (C=O) groups is 2. The van der Waals surface area contributed by atoms with Crippen LogP contribution in [0.1, 0.15) is 18.4 Å². The van der Waals surface area contributed by atoms with Crippen molar-refractivity contribution in [1.82, 2.24) is 5.43 Å². The predicted octanol–water partition coefficient (Wildman–Crippen LogP) is 1.22. The molecule has 1 heterocycles. The maximum Gasteiger partial charge on any atom is 0.271 e. The molecule has 0 bridgehead atoms. The Kier molecular flexibility index (Phi) is 4.42. The van der Waals surface area contributed by atoms with E-state index >= 15 is 0 Å². The highest BCUT2D eigenvalue weighted by Gasteiger charge is 2.20. The highest BCUT2D eigenvalue weighted by atomic mass is 16.5. The number of aryl methyl sites for hydroxylation is 1. The second kappa shape index (κ2) is 6.25. The molecule has 0 spiro atoms. The van der Waals surface area contributed by atoms with Gasteiger partial charge in [-0.05, 0) is 18.6 Å². The molecule has 0 aliphatic carbocycles. The normalized spacial score (nSPS) is 14.0. The lowest BCUT2D eigenvalue weighted by Crippen LogP contribution is -2.32. The number of methoxy groups -OCH3 is 2. The number of hydrogen-bond donors (Lipinski definition) is 2. The van der Waals surface area contributed by atoms with Crippen molar-refractivity contribution in [1.29, 1.82) is 0 Å². The van der Waals surface area contributed by atoms with Gasteiger partial charge in [0.15, 0.2) is 0 Å². The number of hydrogen-bond acceptors (Lipinski definition) is 5. The van der Waals surface area contributed by atoms with E-state index < -0.39 is 0 Å². The highest BCUT2D eigenvalue weighted by molar-refractivity contribution is 6.43. The molecule has 2 N–H and O–H groups in total. The SMILES string of the molecule is COc1cc(NC(=O)C2=NNC(=O)CC2)c(OC)cc1C. The summed E-state index contributed by atoms with van der Waals surface area (Å²) in [4.78, 5) is 23.2. The predicted molar refractivity (Wildman–Crippen MR) is 77.7 cm³/mol. The van der Waals surface area contributed by atoms with Crippen molar-refractivity contribution in [3.63, 3.8) is 0 Å². The van der Waals surface area contributed by atoms with E-state index in [1.54, 1.807) is 19.2 Å². The summed E-state index contributed by atoms with van der Waals surface area (Å²) >= 11 is 0. The zero-order valence-electron chi connectivity index (χ0n) is 12.1. The minimum absolute atomic E-state index is 0.193. The van der Waals surface area contributed by atoms with Crippen molar-refractivity contribution in [2.45, 2.75) is 19.8 Å². The average Bonchev–Trinajstić information content (AvgIpc) is 2.49. The molecule has 1 aromatic carbocycles. The molecule has 2 amide bonds. The Balaban J connectivity index is 2.22. The number of hydrazone groups is 1. The van der Waals surface area contributed by atoms with Gasteiger partial charge in [-0.1, -0.05) is 0 Å². The third-order valence-electron chi connectivity index (χ3n) is 3.13. The quantitative estimate of drug-likeness (QED) is 0.872. The zero-order valence-corrected chi connectivity index (χ0v) is 12.1. The van der Waals surface area contributed by atoms with Crippen LogP contribution in [0.4, 0.5) is 5.69 Å². The van der Waals surface area contributed by atoms with E-state index in [0.29, 0.717) is 23.6 Å². The summed E-state index contributed by atoms with van der Waals surface area (Å²) in [6, 6.07) is 3.47. The maximum absolute atomic E-state index is 12.1. The first-order valence-electron chi connectivity index (χ1n) is 6.44. The van der Waals surface area contributed by atoms with Crippen molar-refractivity contribution in [3.05, 3.63) is 17.7 Å². The van der Waals surface area contributed by atoms with Gasteiger partial charge in [0.2, 0.25) is 5.91 Å². The van der Waals surface area contributed by atoms with Gasteiger partial charge >= 0.3 is 0 Å². The molecule has 1 aliphatic rings. The second-order valence-electron chi connectivity index (χ2n) is 4.57. The summed E-state index contributed by atoms with van der Waals surface area (Å²) in [5.74, 6) is 0.604. The molecule has 0 saturated heterocycles. The number of ether oxygens (including phenoxy) is 2. The lowest BCUT2D eigenvalue weighted by molar-refractivity contribution is -0.121. The lowest BCUT2D eigenvalue weighted by Gasteiger charge is -2.15. The first kappa shape index (κ1) is 14.8. The number of nitrogens with zero attached hydrogens (tertiary/aromatic N) is 1. The maximum atomic E-state index is 12.1. The molecule has 1 aliphatic heterocycles. The Hall–Kier alpha value is -2.57. The van der Waals surface area contributed by atoms with Crippen LogP contribution >= 0.6 is 0 Å². The smallest absolute Gasteiger partial charge is 0.271 e. The summed E-state index contributed by atoms with van der Waals surface area (Å²) in [7, 11) is 3.08. The summed E-state index contributed by atoms with van der Waals surface area (Å²) in [5.41, 5.74) is 3.95. The van der Waals surface area contributed by atoms with Crippen LogP contribution in [0.2, 0.25) is 0 Å². The molecule has 0 atom stereocenters. The van der Waals surface area contributed by atoms with Crippen molar-refractivity contribution < 1.29 is 19.1 Å². The molecule has 2 rings (SSSR count). The van der Waals surface area contributed by atoms with Crippen molar-refractivity contribution in [2.75, 3.05) is 19.5 Å². The van der Waals surface area contributed by atoms with Crippen LogP contribution in [-0.4, -0.2) is 31.7 Å². The number of nitrogens with one attached hydrogen (secondary N) is 2. The zero-order chi connectivity index (χ0) is 15.4. The van der Waals surface area contributed by atoms with Crippen molar-refractivity contribution in [3.8, 4) is 11.5 Å². The Morgan fingerprint density at radius 2 is 1.95 bits per heavy atom. The fraction of sp³-hybridized carbons (Fsp3) is 0.357. The Morgan fingerprint density at radius 3 is 2.52 bits per heavy atom. The van der Waals surface area contributed by atoms with Gasteiger partial charge in [0.1, 0.15) is 17.2 Å². The largest absolute Gasteiger partial charge is 0.496 e. The summed E-state index contributed by atoms with van der Waals surface area (Å²) in [5, 5.41) is 6.48. The molecule has 21 heavy (non-hydrogen) atoms. The van der Waals surface area contributed by atoms with Gasteiger partial charge in [0.25, 0.3) is 5.91 Å².